The van der Waals surface area contributed by atoms with Crippen molar-refractivity contribution in [3.63, 3.8) is 0 Å². The van der Waals surface area contributed by atoms with Crippen LogP contribution in [0.2, 0.25) is 0 Å². The molecule has 1 amide bonds. The molecule has 2 aliphatic heterocycles. The van der Waals surface area contributed by atoms with Crippen LogP contribution in [-0.4, -0.2) is 58.1 Å². The Bertz CT molecular complexity index is 825. The van der Waals surface area contributed by atoms with Crippen LogP contribution >= 0.6 is 0 Å². The number of carbonyl (C=O) groups excluding carboxylic acids is 1. The topological polar surface area (TPSA) is 87.1 Å². The highest BCUT2D eigenvalue weighted by Crippen LogP contribution is 2.39. The summed E-state index contributed by atoms with van der Waals surface area (Å²) in [6.07, 6.45) is 4.31. The van der Waals surface area contributed by atoms with Gasteiger partial charge in [0.05, 0.1) is 18.8 Å². The summed E-state index contributed by atoms with van der Waals surface area (Å²) in [6.45, 7) is 3.82. The van der Waals surface area contributed by atoms with Crippen molar-refractivity contribution in [2.24, 2.45) is 0 Å². The molecule has 0 atom stereocenters. The minimum Gasteiger partial charge on any atom is -0.475 e. The normalized spacial score (nSPS) is 18.8. The number of carbonyl (C=O) groups is 2. The number of hydrogen-bond donors (Lipinski definition) is 1. The zero-order valence-corrected chi connectivity index (χ0v) is 16.2. The Kier molecular flexibility index (Phi) is 6.55. The molecule has 2 saturated heterocycles. The van der Waals surface area contributed by atoms with E-state index in [1.165, 1.54) is 5.56 Å². The molecule has 0 saturated carbocycles. The van der Waals surface area contributed by atoms with E-state index in [-0.39, 0.29) is 11.4 Å². The lowest BCUT2D eigenvalue weighted by Gasteiger charge is -2.44. The van der Waals surface area contributed by atoms with Gasteiger partial charge < -0.3 is 18.8 Å². The number of likely N-dealkylation sites (tertiary alicyclic amines) is 2. The minimum absolute atomic E-state index is 0.0246. The number of carboxylic acid groups (broad SMARTS) is 1. The van der Waals surface area contributed by atoms with E-state index in [0.717, 1.165) is 51.9 Å². The second-order valence-corrected chi connectivity index (χ2v) is 7.47. The highest BCUT2D eigenvalue weighted by atomic mass is 19.4. The SMILES string of the molecule is O=C(O)C(F)(F)F.O=C(c1ccco1)N1CCCC12CCN(Cc1ccoc1)CC2. The molecule has 164 valence electrons. The number of rotatable bonds is 3. The van der Waals surface area contributed by atoms with Crippen LogP contribution < -0.4 is 0 Å². The molecule has 2 aromatic heterocycles. The van der Waals surface area contributed by atoms with Gasteiger partial charge in [-0.3, -0.25) is 9.69 Å². The Labute approximate surface area is 171 Å². The number of halogens is 3. The van der Waals surface area contributed by atoms with E-state index >= 15 is 0 Å². The van der Waals surface area contributed by atoms with E-state index in [4.69, 9.17) is 18.7 Å². The first-order valence-electron chi connectivity index (χ1n) is 9.60. The van der Waals surface area contributed by atoms with E-state index in [0.29, 0.717) is 5.76 Å². The zero-order valence-electron chi connectivity index (χ0n) is 16.2. The molecule has 4 rings (SSSR count). The molecule has 0 aromatic carbocycles. The molecule has 1 spiro atoms. The molecule has 30 heavy (non-hydrogen) atoms. The molecule has 0 radical (unpaired) electrons. The number of carboxylic acids is 1. The smallest absolute Gasteiger partial charge is 0.475 e. The third kappa shape index (κ3) is 5.05. The van der Waals surface area contributed by atoms with Crippen LogP contribution in [0.15, 0.2) is 45.8 Å². The Morgan fingerprint density at radius 1 is 1.10 bits per heavy atom. The van der Waals surface area contributed by atoms with E-state index in [9.17, 15) is 18.0 Å². The van der Waals surface area contributed by atoms with E-state index in [2.05, 4.69) is 9.80 Å². The van der Waals surface area contributed by atoms with Crippen molar-refractivity contribution >= 4 is 11.9 Å². The van der Waals surface area contributed by atoms with Gasteiger partial charge in [0, 0.05) is 37.3 Å². The highest BCUT2D eigenvalue weighted by Gasteiger charge is 2.46. The van der Waals surface area contributed by atoms with Crippen molar-refractivity contribution < 1.29 is 36.7 Å². The maximum absolute atomic E-state index is 12.7. The van der Waals surface area contributed by atoms with Crippen molar-refractivity contribution in [1.29, 1.82) is 0 Å². The lowest BCUT2D eigenvalue weighted by atomic mass is 9.84. The maximum atomic E-state index is 12.7. The molecule has 7 nitrogen and oxygen atoms in total. The summed E-state index contributed by atoms with van der Waals surface area (Å²) in [6, 6.07) is 5.57. The molecule has 2 aliphatic rings. The maximum Gasteiger partial charge on any atom is 0.490 e. The van der Waals surface area contributed by atoms with Gasteiger partial charge in [0.25, 0.3) is 5.91 Å². The van der Waals surface area contributed by atoms with E-state index in [1.807, 2.05) is 12.3 Å². The van der Waals surface area contributed by atoms with Crippen LogP contribution in [0.5, 0.6) is 0 Å². The molecular weight excluding hydrogens is 405 g/mol. The first-order valence-corrected chi connectivity index (χ1v) is 9.60. The van der Waals surface area contributed by atoms with E-state index in [1.54, 1.807) is 24.7 Å². The fourth-order valence-electron chi connectivity index (χ4n) is 4.08. The number of alkyl halides is 3. The fourth-order valence-corrected chi connectivity index (χ4v) is 4.08. The summed E-state index contributed by atoms with van der Waals surface area (Å²) < 4.78 is 42.2. The summed E-state index contributed by atoms with van der Waals surface area (Å²) in [4.78, 5) is 26.1. The van der Waals surface area contributed by atoms with Crippen LogP contribution in [-0.2, 0) is 11.3 Å². The lowest BCUT2D eigenvalue weighted by molar-refractivity contribution is -0.192. The Morgan fingerprint density at radius 2 is 1.80 bits per heavy atom. The molecule has 0 aliphatic carbocycles. The predicted molar refractivity (Wildman–Crippen MR) is 98.6 cm³/mol. The molecule has 10 heteroatoms. The van der Waals surface area contributed by atoms with E-state index < -0.39 is 12.1 Å². The molecule has 0 unspecified atom stereocenters. The van der Waals surface area contributed by atoms with Crippen LogP contribution in [0.1, 0.15) is 41.8 Å². The molecule has 1 N–H and O–H groups in total. The van der Waals surface area contributed by atoms with Crippen molar-refractivity contribution in [1.82, 2.24) is 9.80 Å². The van der Waals surface area contributed by atoms with Crippen molar-refractivity contribution in [2.45, 2.75) is 43.9 Å². The summed E-state index contributed by atoms with van der Waals surface area (Å²) in [5.74, 6) is -2.24. The highest BCUT2D eigenvalue weighted by molar-refractivity contribution is 5.92. The van der Waals surface area contributed by atoms with Gasteiger partial charge in [-0.25, -0.2) is 4.79 Å². The van der Waals surface area contributed by atoms with Gasteiger partial charge in [-0.2, -0.15) is 13.2 Å². The zero-order chi connectivity index (χ0) is 21.8. The average molecular weight is 428 g/mol. The molecule has 4 heterocycles. The van der Waals surface area contributed by atoms with Crippen molar-refractivity contribution in [3.05, 3.63) is 48.3 Å². The number of furan rings is 2. The number of hydrogen-bond acceptors (Lipinski definition) is 5. The summed E-state index contributed by atoms with van der Waals surface area (Å²) >= 11 is 0. The Morgan fingerprint density at radius 3 is 2.33 bits per heavy atom. The molecule has 2 fully saturated rings. The number of amides is 1. The van der Waals surface area contributed by atoms with Gasteiger partial charge in [-0.05, 0) is 43.9 Å². The van der Waals surface area contributed by atoms with Gasteiger partial charge >= 0.3 is 12.1 Å². The molecule has 2 aromatic rings. The van der Waals surface area contributed by atoms with Crippen LogP contribution in [0.25, 0.3) is 0 Å². The third-order valence-corrected chi connectivity index (χ3v) is 5.59. The largest absolute Gasteiger partial charge is 0.490 e. The summed E-state index contributed by atoms with van der Waals surface area (Å²) in [7, 11) is 0. The third-order valence-electron chi connectivity index (χ3n) is 5.59. The predicted octanol–water partition coefficient (Wildman–Crippen LogP) is 3.78. The molecular formula is C20H23F3N2O5. The Balaban J connectivity index is 0.000000318. The number of aliphatic carboxylic acids is 1. The van der Waals surface area contributed by atoms with Crippen LogP contribution in [0.4, 0.5) is 13.2 Å². The molecule has 0 bridgehead atoms. The number of piperidine rings is 1. The van der Waals surface area contributed by atoms with Crippen molar-refractivity contribution in [3.8, 4) is 0 Å². The van der Waals surface area contributed by atoms with Gasteiger partial charge in [-0.15, -0.1) is 0 Å². The summed E-state index contributed by atoms with van der Waals surface area (Å²) in [5, 5.41) is 7.12. The quantitative estimate of drug-likeness (QED) is 0.801. The average Bonchev–Trinajstić information content (AvgIpc) is 3.45. The Hall–Kier alpha value is -2.75. The van der Waals surface area contributed by atoms with Crippen LogP contribution in [0.3, 0.4) is 0 Å². The second-order valence-electron chi connectivity index (χ2n) is 7.47. The second kappa shape index (κ2) is 8.95. The first-order chi connectivity index (χ1) is 14.2. The van der Waals surface area contributed by atoms with Gasteiger partial charge in [0.15, 0.2) is 5.76 Å². The first kappa shape index (κ1) is 21.9. The standard InChI is InChI=1S/C18H22N2O3.C2HF3O2/c21-17(16-3-1-11-23-16)20-8-2-5-18(20)6-9-19(10-7-18)13-15-4-12-22-14-15;3-2(4,5)1(6)7/h1,3-4,11-12,14H,2,5-10,13H2;(H,6,7). The summed E-state index contributed by atoms with van der Waals surface area (Å²) in [5.41, 5.74) is 1.24. The van der Waals surface area contributed by atoms with Gasteiger partial charge in [0.1, 0.15) is 0 Å². The fraction of sp³-hybridized carbons (Fsp3) is 0.500. The van der Waals surface area contributed by atoms with Crippen LogP contribution in [0, 0.1) is 0 Å². The number of nitrogens with zero attached hydrogens (tertiary/aromatic N) is 2. The monoisotopic (exact) mass is 428 g/mol. The van der Waals surface area contributed by atoms with Gasteiger partial charge in [-0.1, -0.05) is 0 Å². The minimum atomic E-state index is -5.08. The lowest BCUT2D eigenvalue weighted by Crippen LogP contribution is -2.53. The van der Waals surface area contributed by atoms with Gasteiger partial charge in [0.2, 0.25) is 0 Å². The van der Waals surface area contributed by atoms with Crippen molar-refractivity contribution in [2.75, 3.05) is 19.6 Å².